The van der Waals surface area contributed by atoms with E-state index in [1.54, 1.807) is 55.0 Å². The Balaban J connectivity index is 1.61. The summed E-state index contributed by atoms with van der Waals surface area (Å²) in [5.74, 6) is -0.126. The highest BCUT2D eigenvalue weighted by Gasteiger charge is 2.17. The van der Waals surface area contributed by atoms with E-state index in [0.717, 1.165) is 11.8 Å². The number of amides is 1. The van der Waals surface area contributed by atoms with Crippen LogP contribution in [0.1, 0.15) is 0 Å². The van der Waals surface area contributed by atoms with Gasteiger partial charge in [-0.3, -0.25) is 14.2 Å². The van der Waals surface area contributed by atoms with Gasteiger partial charge in [0.25, 0.3) is 5.56 Å². The number of thiophene rings is 1. The number of nitrogens with zero attached hydrogens (tertiary/aromatic N) is 2. The zero-order valence-corrected chi connectivity index (χ0v) is 17.4. The lowest BCUT2D eigenvalue weighted by Crippen LogP contribution is -2.23. The Morgan fingerprint density at radius 3 is 2.70 bits per heavy atom. The Kier molecular flexibility index (Phi) is 5.82. The molecule has 4 rings (SSSR count). The number of halogens is 1. The topological polar surface area (TPSA) is 73.2 Å². The van der Waals surface area contributed by atoms with Gasteiger partial charge in [0.05, 0.1) is 24.1 Å². The number of carbonyl (C=O) groups is 1. The summed E-state index contributed by atoms with van der Waals surface area (Å²) in [6.07, 6.45) is 0. The summed E-state index contributed by atoms with van der Waals surface area (Å²) < 4.78 is 21.2. The number of ether oxygens (including phenoxy) is 1. The largest absolute Gasteiger partial charge is 0.497 e. The van der Waals surface area contributed by atoms with Crippen LogP contribution in [0.3, 0.4) is 0 Å². The van der Waals surface area contributed by atoms with E-state index in [1.165, 1.54) is 28.0 Å². The van der Waals surface area contributed by atoms with Gasteiger partial charge in [-0.1, -0.05) is 23.9 Å². The van der Waals surface area contributed by atoms with E-state index in [1.807, 2.05) is 0 Å². The van der Waals surface area contributed by atoms with E-state index < -0.39 is 5.82 Å². The van der Waals surface area contributed by atoms with Crippen LogP contribution >= 0.6 is 23.1 Å². The number of aromatic nitrogens is 2. The minimum Gasteiger partial charge on any atom is -0.497 e. The van der Waals surface area contributed by atoms with E-state index >= 15 is 0 Å². The minimum absolute atomic E-state index is 0.00255. The molecule has 0 aliphatic carbocycles. The Morgan fingerprint density at radius 1 is 1.20 bits per heavy atom. The normalized spacial score (nSPS) is 10.9. The molecule has 0 saturated heterocycles. The lowest BCUT2D eigenvalue weighted by molar-refractivity contribution is -0.113. The summed E-state index contributed by atoms with van der Waals surface area (Å²) in [4.78, 5) is 29.9. The minimum atomic E-state index is -0.540. The SMILES string of the molecule is COc1ccc(NC(=O)CSc2nc3ccsc3c(=O)n2-c2ccccc2F)cc1. The number of nitrogens with one attached hydrogen (secondary N) is 1. The van der Waals surface area contributed by atoms with Gasteiger partial charge in [-0.25, -0.2) is 9.37 Å². The molecule has 4 aromatic rings. The molecule has 0 aliphatic heterocycles. The average molecular weight is 442 g/mol. The van der Waals surface area contributed by atoms with Crippen molar-refractivity contribution in [2.75, 3.05) is 18.2 Å². The lowest BCUT2D eigenvalue weighted by atomic mass is 10.3. The van der Waals surface area contributed by atoms with Crippen molar-refractivity contribution in [3.63, 3.8) is 0 Å². The predicted molar refractivity (Wildman–Crippen MR) is 118 cm³/mol. The molecular formula is C21H16FN3O3S2. The van der Waals surface area contributed by atoms with Crippen LogP contribution in [-0.4, -0.2) is 28.3 Å². The molecule has 0 spiro atoms. The van der Waals surface area contributed by atoms with Crippen LogP contribution in [0.15, 0.2) is 69.9 Å². The summed E-state index contributed by atoms with van der Waals surface area (Å²) in [6.45, 7) is 0. The molecule has 0 unspecified atom stereocenters. The maximum Gasteiger partial charge on any atom is 0.276 e. The van der Waals surface area contributed by atoms with Crippen molar-refractivity contribution in [1.82, 2.24) is 9.55 Å². The number of benzene rings is 2. The Labute approximate surface area is 179 Å². The molecule has 9 heteroatoms. The standard InChI is InChI=1S/C21H16FN3O3S2/c1-28-14-8-6-13(7-9-14)23-18(26)12-30-21-24-16-10-11-29-19(16)20(27)25(21)17-5-3-2-4-15(17)22/h2-11H,12H2,1H3,(H,23,26). The van der Waals surface area contributed by atoms with Gasteiger partial charge >= 0.3 is 0 Å². The number of carbonyl (C=O) groups excluding carboxylic acids is 1. The first-order valence-electron chi connectivity index (χ1n) is 8.88. The highest BCUT2D eigenvalue weighted by atomic mass is 32.2. The fourth-order valence-electron chi connectivity index (χ4n) is 2.84. The van der Waals surface area contributed by atoms with Crippen LogP contribution in [0.25, 0.3) is 15.9 Å². The molecule has 0 saturated carbocycles. The third kappa shape index (κ3) is 4.07. The first kappa shape index (κ1) is 20.1. The Bertz CT molecular complexity index is 1270. The van der Waals surface area contributed by atoms with Gasteiger partial charge in [-0.05, 0) is 47.8 Å². The molecule has 0 radical (unpaired) electrons. The second-order valence-corrected chi connectivity index (χ2v) is 8.05. The molecule has 2 aromatic heterocycles. The molecule has 6 nitrogen and oxygen atoms in total. The van der Waals surface area contributed by atoms with Crippen molar-refractivity contribution in [3.05, 3.63) is 76.1 Å². The lowest BCUT2D eigenvalue weighted by Gasteiger charge is -2.13. The third-order valence-electron chi connectivity index (χ3n) is 4.25. The summed E-state index contributed by atoms with van der Waals surface area (Å²) in [7, 11) is 1.57. The molecular weight excluding hydrogens is 425 g/mol. The number of hydrogen-bond acceptors (Lipinski definition) is 6. The predicted octanol–water partition coefficient (Wildman–Crippen LogP) is 4.33. The summed E-state index contributed by atoms with van der Waals surface area (Å²) in [5, 5.41) is 4.79. The first-order valence-corrected chi connectivity index (χ1v) is 10.7. The Hall–Kier alpha value is -3.17. The molecule has 0 fully saturated rings. The van der Waals surface area contributed by atoms with Gasteiger partial charge in [-0.15, -0.1) is 11.3 Å². The van der Waals surface area contributed by atoms with Crippen LogP contribution in [0.2, 0.25) is 0 Å². The summed E-state index contributed by atoms with van der Waals surface area (Å²) in [6, 6.07) is 14.7. The zero-order valence-electron chi connectivity index (χ0n) is 15.8. The molecule has 1 amide bonds. The van der Waals surface area contributed by atoms with E-state index in [0.29, 0.717) is 21.7 Å². The molecule has 0 aliphatic rings. The first-order chi connectivity index (χ1) is 14.6. The second-order valence-electron chi connectivity index (χ2n) is 6.19. The highest BCUT2D eigenvalue weighted by molar-refractivity contribution is 7.99. The number of fused-ring (bicyclic) bond motifs is 1. The molecule has 152 valence electrons. The molecule has 30 heavy (non-hydrogen) atoms. The fourth-order valence-corrected chi connectivity index (χ4v) is 4.40. The molecule has 1 N–H and O–H groups in total. The summed E-state index contributed by atoms with van der Waals surface area (Å²) in [5.41, 5.74) is 0.881. The van der Waals surface area contributed by atoms with E-state index in [-0.39, 0.29) is 28.1 Å². The van der Waals surface area contributed by atoms with Crippen LogP contribution < -0.4 is 15.6 Å². The smallest absolute Gasteiger partial charge is 0.276 e. The zero-order chi connectivity index (χ0) is 21.1. The number of methoxy groups -OCH3 is 1. The van der Waals surface area contributed by atoms with Gasteiger partial charge in [-0.2, -0.15) is 0 Å². The maximum absolute atomic E-state index is 14.4. The van der Waals surface area contributed by atoms with Crippen molar-refractivity contribution in [2.45, 2.75) is 5.16 Å². The highest BCUT2D eigenvalue weighted by Crippen LogP contribution is 2.25. The van der Waals surface area contributed by atoms with Gasteiger partial charge < -0.3 is 10.1 Å². The van der Waals surface area contributed by atoms with E-state index in [9.17, 15) is 14.0 Å². The van der Waals surface area contributed by atoms with E-state index in [2.05, 4.69) is 10.3 Å². The molecule has 2 aromatic carbocycles. The van der Waals surface area contributed by atoms with Crippen LogP contribution in [0.5, 0.6) is 5.75 Å². The van der Waals surface area contributed by atoms with Crippen molar-refractivity contribution < 1.29 is 13.9 Å². The second kappa shape index (κ2) is 8.68. The monoisotopic (exact) mass is 441 g/mol. The van der Waals surface area contributed by atoms with Crippen molar-refractivity contribution in [3.8, 4) is 11.4 Å². The van der Waals surface area contributed by atoms with Crippen LogP contribution in [0, 0.1) is 5.82 Å². The van der Waals surface area contributed by atoms with E-state index in [4.69, 9.17) is 4.74 Å². The Morgan fingerprint density at radius 2 is 1.97 bits per heavy atom. The molecule has 0 bridgehead atoms. The number of rotatable bonds is 6. The van der Waals surface area contributed by atoms with Crippen molar-refractivity contribution >= 4 is 44.9 Å². The average Bonchev–Trinajstić information content (AvgIpc) is 3.23. The maximum atomic E-state index is 14.4. The number of anilines is 1. The molecule has 0 atom stereocenters. The number of para-hydroxylation sites is 1. The fraction of sp³-hybridized carbons (Fsp3) is 0.0952. The summed E-state index contributed by atoms with van der Waals surface area (Å²) >= 11 is 2.32. The van der Waals surface area contributed by atoms with Gasteiger partial charge in [0, 0.05) is 5.69 Å². The van der Waals surface area contributed by atoms with Crippen molar-refractivity contribution in [2.24, 2.45) is 0 Å². The number of hydrogen-bond donors (Lipinski definition) is 1. The third-order valence-corrected chi connectivity index (χ3v) is 6.08. The number of thioether (sulfide) groups is 1. The van der Waals surface area contributed by atoms with Gasteiger partial charge in [0.2, 0.25) is 5.91 Å². The van der Waals surface area contributed by atoms with Gasteiger partial charge in [0.1, 0.15) is 16.3 Å². The molecule has 2 heterocycles. The van der Waals surface area contributed by atoms with Gasteiger partial charge in [0.15, 0.2) is 5.16 Å². The quantitative estimate of drug-likeness (QED) is 0.356. The van der Waals surface area contributed by atoms with Crippen LogP contribution in [-0.2, 0) is 4.79 Å². The van der Waals surface area contributed by atoms with Crippen molar-refractivity contribution in [1.29, 1.82) is 0 Å². The van der Waals surface area contributed by atoms with Crippen LogP contribution in [0.4, 0.5) is 10.1 Å².